The van der Waals surface area contributed by atoms with Crippen LogP contribution in [0.4, 0.5) is 4.79 Å². The number of nitrogens with one attached hydrogen (secondary N) is 3. The fourth-order valence-electron chi connectivity index (χ4n) is 1.42. The lowest BCUT2D eigenvalue weighted by Crippen LogP contribution is -2.49. The first kappa shape index (κ1) is 18.2. The Morgan fingerprint density at radius 1 is 1.20 bits per heavy atom. The molecule has 0 aliphatic heterocycles. The molecule has 0 heterocycles. The topological polar surface area (TPSA) is 117 Å². The van der Waals surface area contributed by atoms with Crippen molar-refractivity contribution in [1.82, 2.24) is 16.0 Å². The molecule has 0 aliphatic rings. The highest BCUT2D eigenvalue weighted by Gasteiger charge is 2.21. The Kier molecular flexibility index (Phi) is 9.10. The highest BCUT2D eigenvalue weighted by Crippen LogP contribution is 2.04. The summed E-state index contributed by atoms with van der Waals surface area (Å²) in [6.07, 6.45) is 0.322. The van der Waals surface area contributed by atoms with Crippen molar-refractivity contribution in [1.29, 1.82) is 0 Å². The van der Waals surface area contributed by atoms with Crippen LogP contribution in [0.25, 0.3) is 0 Å². The number of aliphatic carboxylic acids is 1. The lowest BCUT2D eigenvalue weighted by molar-refractivity contribution is -0.139. The van der Waals surface area contributed by atoms with Crippen LogP contribution in [-0.2, 0) is 14.3 Å². The van der Waals surface area contributed by atoms with Gasteiger partial charge in [-0.15, -0.1) is 0 Å². The van der Waals surface area contributed by atoms with Gasteiger partial charge in [0.25, 0.3) is 0 Å². The second kappa shape index (κ2) is 10.0. The standard InChI is InChI=1S/C12H23N3O5/c1-8(2)6-9(11(17)18)15-12(19)14-7-10(16)13-4-5-20-3/h8-9H,4-7H2,1-3H3,(H,13,16)(H,17,18)(H2,14,15,19)/t9-/m1/s1. The van der Waals surface area contributed by atoms with Gasteiger partial charge >= 0.3 is 12.0 Å². The summed E-state index contributed by atoms with van der Waals surface area (Å²) in [5.41, 5.74) is 0. The van der Waals surface area contributed by atoms with E-state index in [0.29, 0.717) is 19.6 Å². The molecule has 0 aromatic carbocycles. The molecule has 8 nitrogen and oxygen atoms in total. The van der Waals surface area contributed by atoms with E-state index in [9.17, 15) is 14.4 Å². The number of carbonyl (C=O) groups excluding carboxylic acids is 2. The monoisotopic (exact) mass is 289 g/mol. The lowest BCUT2D eigenvalue weighted by atomic mass is 10.0. The van der Waals surface area contributed by atoms with Gasteiger partial charge in [0.2, 0.25) is 5.91 Å². The molecule has 8 heteroatoms. The molecule has 0 aromatic heterocycles. The molecule has 0 aliphatic carbocycles. The predicted molar refractivity (Wildman–Crippen MR) is 72.3 cm³/mol. The maximum absolute atomic E-state index is 11.5. The molecular formula is C12H23N3O5. The lowest BCUT2D eigenvalue weighted by Gasteiger charge is -2.16. The number of hydrogen-bond donors (Lipinski definition) is 4. The summed E-state index contributed by atoms with van der Waals surface area (Å²) < 4.78 is 4.75. The summed E-state index contributed by atoms with van der Waals surface area (Å²) in [6.45, 7) is 4.23. The van der Waals surface area contributed by atoms with Crippen LogP contribution in [0.3, 0.4) is 0 Å². The van der Waals surface area contributed by atoms with Crippen LogP contribution in [0.2, 0.25) is 0 Å². The molecule has 1 atom stereocenters. The quantitative estimate of drug-likeness (QED) is 0.429. The van der Waals surface area contributed by atoms with Crippen molar-refractivity contribution in [3.05, 3.63) is 0 Å². The third-order valence-electron chi connectivity index (χ3n) is 2.35. The molecule has 0 saturated heterocycles. The minimum atomic E-state index is -1.10. The van der Waals surface area contributed by atoms with Crippen molar-refractivity contribution in [2.75, 3.05) is 26.8 Å². The van der Waals surface area contributed by atoms with E-state index in [2.05, 4.69) is 16.0 Å². The van der Waals surface area contributed by atoms with Gasteiger partial charge in [-0.2, -0.15) is 0 Å². The molecular weight excluding hydrogens is 266 g/mol. The zero-order valence-corrected chi connectivity index (χ0v) is 12.1. The second-order valence-corrected chi connectivity index (χ2v) is 4.69. The summed E-state index contributed by atoms with van der Waals surface area (Å²) in [5, 5.41) is 16.1. The first-order valence-electron chi connectivity index (χ1n) is 6.39. The van der Waals surface area contributed by atoms with Gasteiger partial charge in [0, 0.05) is 13.7 Å². The molecule has 0 fully saturated rings. The molecule has 3 amide bonds. The third kappa shape index (κ3) is 9.15. The maximum atomic E-state index is 11.5. The van der Waals surface area contributed by atoms with Crippen molar-refractivity contribution >= 4 is 17.9 Å². The molecule has 0 aromatic rings. The highest BCUT2D eigenvalue weighted by atomic mass is 16.5. The number of carboxylic acids is 1. The number of ether oxygens (including phenoxy) is 1. The summed E-state index contributed by atoms with van der Waals surface area (Å²) in [4.78, 5) is 33.7. The average Bonchev–Trinajstić information content (AvgIpc) is 2.35. The third-order valence-corrected chi connectivity index (χ3v) is 2.35. The Hall–Kier alpha value is -1.83. The average molecular weight is 289 g/mol. The second-order valence-electron chi connectivity index (χ2n) is 4.69. The molecule has 0 rings (SSSR count). The molecule has 20 heavy (non-hydrogen) atoms. The van der Waals surface area contributed by atoms with Gasteiger partial charge in [-0.05, 0) is 12.3 Å². The molecule has 0 radical (unpaired) electrons. The number of amides is 3. The Balaban J connectivity index is 4.01. The van der Waals surface area contributed by atoms with E-state index in [0.717, 1.165) is 0 Å². The molecule has 0 bridgehead atoms. The Bertz CT molecular complexity index is 333. The van der Waals surface area contributed by atoms with E-state index >= 15 is 0 Å². The van der Waals surface area contributed by atoms with Crippen LogP contribution in [0.5, 0.6) is 0 Å². The van der Waals surface area contributed by atoms with Crippen molar-refractivity contribution < 1.29 is 24.2 Å². The zero-order valence-electron chi connectivity index (χ0n) is 12.1. The number of urea groups is 1. The number of carbonyl (C=O) groups is 3. The van der Waals surface area contributed by atoms with Crippen molar-refractivity contribution in [2.24, 2.45) is 5.92 Å². The smallest absolute Gasteiger partial charge is 0.326 e. The van der Waals surface area contributed by atoms with Gasteiger partial charge in [0.1, 0.15) is 6.04 Å². The van der Waals surface area contributed by atoms with Crippen molar-refractivity contribution in [3.8, 4) is 0 Å². The van der Waals surface area contributed by atoms with Gasteiger partial charge in [0.15, 0.2) is 0 Å². The predicted octanol–water partition coefficient (Wildman–Crippen LogP) is -0.452. The summed E-state index contributed by atoms with van der Waals surface area (Å²) in [7, 11) is 1.51. The Morgan fingerprint density at radius 2 is 1.85 bits per heavy atom. The minimum absolute atomic E-state index is 0.133. The van der Waals surface area contributed by atoms with E-state index < -0.39 is 18.0 Å². The van der Waals surface area contributed by atoms with Crippen LogP contribution in [0.1, 0.15) is 20.3 Å². The van der Waals surface area contributed by atoms with Gasteiger partial charge < -0.3 is 25.8 Å². The van der Waals surface area contributed by atoms with E-state index in [1.165, 1.54) is 7.11 Å². The summed E-state index contributed by atoms with van der Waals surface area (Å²) in [6, 6.07) is -1.65. The fraction of sp³-hybridized carbons (Fsp3) is 0.750. The largest absolute Gasteiger partial charge is 0.480 e. The van der Waals surface area contributed by atoms with Gasteiger partial charge in [-0.3, -0.25) is 4.79 Å². The van der Waals surface area contributed by atoms with E-state index in [-0.39, 0.29) is 18.4 Å². The van der Waals surface area contributed by atoms with E-state index in [4.69, 9.17) is 9.84 Å². The first-order valence-corrected chi connectivity index (χ1v) is 6.39. The van der Waals surface area contributed by atoms with Gasteiger partial charge in [-0.25, -0.2) is 9.59 Å². The maximum Gasteiger partial charge on any atom is 0.326 e. The van der Waals surface area contributed by atoms with Crippen molar-refractivity contribution in [2.45, 2.75) is 26.3 Å². The summed E-state index contributed by atoms with van der Waals surface area (Å²) in [5.74, 6) is -1.33. The number of carboxylic acid groups (broad SMARTS) is 1. The molecule has 0 unspecified atom stereocenters. The van der Waals surface area contributed by atoms with E-state index in [1.807, 2.05) is 13.8 Å². The van der Waals surface area contributed by atoms with Crippen LogP contribution in [-0.4, -0.2) is 55.9 Å². The van der Waals surface area contributed by atoms with Crippen LogP contribution in [0.15, 0.2) is 0 Å². The fourth-order valence-corrected chi connectivity index (χ4v) is 1.42. The number of hydrogen-bond acceptors (Lipinski definition) is 4. The van der Waals surface area contributed by atoms with Crippen molar-refractivity contribution in [3.63, 3.8) is 0 Å². The Labute approximate surface area is 118 Å². The first-order chi connectivity index (χ1) is 9.36. The Morgan fingerprint density at radius 3 is 2.35 bits per heavy atom. The number of rotatable bonds is 9. The number of methoxy groups -OCH3 is 1. The SMILES string of the molecule is COCCNC(=O)CNC(=O)N[C@H](CC(C)C)C(=O)O. The van der Waals surface area contributed by atoms with Crippen LogP contribution in [0, 0.1) is 5.92 Å². The summed E-state index contributed by atoms with van der Waals surface area (Å²) >= 11 is 0. The zero-order chi connectivity index (χ0) is 15.5. The van der Waals surface area contributed by atoms with Crippen LogP contribution >= 0.6 is 0 Å². The molecule has 4 N–H and O–H groups in total. The van der Waals surface area contributed by atoms with Crippen LogP contribution < -0.4 is 16.0 Å². The highest BCUT2D eigenvalue weighted by molar-refractivity contribution is 5.86. The van der Waals surface area contributed by atoms with Gasteiger partial charge in [0.05, 0.1) is 13.2 Å². The molecule has 0 spiro atoms. The minimum Gasteiger partial charge on any atom is -0.480 e. The molecule has 116 valence electrons. The normalized spacial score (nSPS) is 11.8. The molecule has 0 saturated carbocycles. The van der Waals surface area contributed by atoms with E-state index in [1.54, 1.807) is 0 Å². The van der Waals surface area contributed by atoms with Gasteiger partial charge in [-0.1, -0.05) is 13.8 Å².